The van der Waals surface area contributed by atoms with Gasteiger partial charge in [0.2, 0.25) is 0 Å². The highest BCUT2D eigenvalue weighted by Gasteiger charge is 2.13. The molecule has 0 aliphatic carbocycles. The fourth-order valence-electron chi connectivity index (χ4n) is 3.44. The van der Waals surface area contributed by atoms with Crippen molar-refractivity contribution in [3.05, 3.63) is 0 Å². The van der Waals surface area contributed by atoms with Gasteiger partial charge in [0.15, 0.2) is 0 Å². The molecule has 298 valence electrons. The Hall–Kier alpha value is -0.600. The fraction of sp³-hybridized carbons (Fsp3) is 1.00. The summed E-state index contributed by atoms with van der Waals surface area (Å²) < 4.78 is 65.0. The van der Waals surface area contributed by atoms with Gasteiger partial charge in [0, 0.05) is 7.11 Å². The first-order valence-corrected chi connectivity index (χ1v) is 17.5. The van der Waals surface area contributed by atoms with Crippen LogP contribution in [0.1, 0.15) is 48.5 Å². The van der Waals surface area contributed by atoms with Gasteiger partial charge in [0.25, 0.3) is 0 Å². The van der Waals surface area contributed by atoms with Gasteiger partial charge in [0.1, 0.15) is 0 Å². The van der Waals surface area contributed by atoms with Crippen LogP contribution in [0.2, 0.25) is 0 Å². The largest absolute Gasteiger partial charge is 0.394 e. The molecule has 0 aromatic rings. The Kier molecular flexibility index (Phi) is 39.8. The molecule has 0 saturated carbocycles. The lowest BCUT2D eigenvalue weighted by Crippen LogP contribution is -2.30. The summed E-state index contributed by atoms with van der Waals surface area (Å²) in [6, 6.07) is 0. The van der Waals surface area contributed by atoms with Gasteiger partial charge in [-0.1, -0.05) is 0 Å². The van der Waals surface area contributed by atoms with Gasteiger partial charge < -0.3 is 72.2 Å². The SMILES string of the molecule is COCC(C)OCC(C)OCC(C)OCC(C)OCC(C)OCC(C)OCC(C)O.OCCOCCOCCOCCOCCOCCO. The monoisotopic (exact) mass is 720 g/mol. The zero-order valence-electron chi connectivity index (χ0n) is 31.7. The molecule has 49 heavy (non-hydrogen) atoms. The second-order valence-electron chi connectivity index (χ2n) is 11.7. The number of hydrogen-bond acceptors (Lipinski definition) is 15. The third-order valence-electron chi connectivity index (χ3n) is 6.06. The molecular weight excluding hydrogens is 648 g/mol. The van der Waals surface area contributed by atoms with Gasteiger partial charge in [-0.25, -0.2) is 0 Å². The van der Waals surface area contributed by atoms with Crippen LogP contribution >= 0.6 is 0 Å². The van der Waals surface area contributed by atoms with E-state index in [1.54, 1.807) is 14.0 Å². The molecule has 0 heterocycles. The Morgan fingerprint density at radius 1 is 0.347 bits per heavy atom. The molecule has 15 heteroatoms. The van der Waals surface area contributed by atoms with E-state index >= 15 is 0 Å². The summed E-state index contributed by atoms with van der Waals surface area (Å²) in [5.41, 5.74) is 0. The van der Waals surface area contributed by atoms with Gasteiger partial charge in [-0.15, -0.1) is 0 Å². The number of methoxy groups -OCH3 is 1. The Morgan fingerprint density at radius 3 is 0.796 bits per heavy atom. The quantitative estimate of drug-likeness (QED) is 0.0795. The average molecular weight is 721 g/mol. The highest BCUT2D eigenvalue weighted by atomic mass is 16.6. The van der Waals surface area contributed by atoms with E-state index in [4.69, 9.17) is 67.1 Å². The van der Waals surface area contributed by atoms with Crippen molar-refractivity contribution in [3.63, 3.8) is 0 Å². The highest BCUT2D eigenvalue weighted by molar-refractivity contribution is 4.59. The third kappa shape index (κ3) is 41.7. The zero-order chi connectivity index (χ0) is 37.0. The Labute approximate surface area is 296 Å². The molecule has 3 N–H and O–H groups in total. The summed E-state index contributed by atoms with van der Waals surface area (Å²) in [7, 11) is 1.66. The molecule has 0 radical (unpaired) electrons. The minimum absolute atomic E-state index is 0.00557. The predicted molar refractivity (Wildman–Crippen MR) is 184 cm³/mol. The molecule has 15 nitrogen and oxygen atoms in total. The topological polar surface area (TPSA) is 171 Å². The molecule has 7 unspecified atom stereocenters. The van der Waals surface area contributed by atoms with Crippen LogP contribution in [0.3, 0.4) is 0 Å². The highest BCUT2D eigenvalue weighted by Crippen LogP contribution is 2.04. The number of ether oxygens (including phenoxy) is 12. The minimum Gasteiger partial charge on any atom is -0.394 e. The van der Waals surface area contributed by atoms with E-state index < -0.39 is 6.10 Å². The third-order valence-corrected chi connectivity index (χ3v) is 6.06. The van der Waals surface area contributed by atoms with Crippen molar-refractivity contribution in [3.8, 4) is 0 Å². The molecule has 0 aliphatic heterocycles. The molecular formula is C34H72O15. The van der Waals surface area contributed by atoms with Crippen molar-refractivity contribution in [2.24, 2.45) is 0 Å². The fourth-order valence-corrected chi connectivity index (χ4v) is 3.44. The number of hydrogen-bond donors (Lipinski definition) is 3. The van der Waals surface area contributed by atoms with Crippen molar-refractivity contribution in [1.82, 2.24) is 0 Å². The van der Waals surface area contributed by atoms with Gasteiger partial charge in [-0.3, -0.25) is 0 Å². The van der Waals surface area contributed by atoms with Crippen molar-refractivity contribution in [1.29, 1.82) is 0 Å². The molecule has 0 amide bonds. The Balaban J connectivity index is 0. The van der Waals surface area contributed by atoms with Crippen LogP contribution < -0.4 is 0 Å². The summed E-state index contributed by atoms with van der Waals surface area (Å²) in [4.78, 5) is 0. The van der Waals surface area contributed by atoms with Gasteiger partial charge in [-0.05, 0) is 48.5 Å². The first kappa shape index (κ1) is 50.5. The summed E-state index contributed by atoms with van der Waals surface area (Å²) in [6.07, 6.45) is -0.614. The lowest BCUT2D eigenvalue weighted by molar-refractivity contribution is -0.105. The van der Waals surface area contributed by atoms with Gasteiger partial charge >= 0.3 is 0 Å². The summed E-state index contributed by atoms with van der Waals surface area (Å²) in [5.74, 6) is 0. The number of rotatable bonds is 36. The van der Waals surface area contributed by atoms with Crippen LogP contribution in [-0.2, 0) is 56.8 Å². The van der Waals surface area contributed by atoms with E-state index in [0.29, 0.717) is 112 Å². The van der Waals surface area contributed by atoms with Crippen molar-refractivity contribution < 1.29 is 72.2 Å². The Morgan fingerprint density at radius 2 is 0.571 bits per heavy atom. The molecule has 0 spiro atoms. The van der Waals surface area contributed by atoms with Crippen LogP contribution in [0.5, 0.6) is 0 Å². The molecule has 0 bridgehead atoms. The standard InChI is InChI=1S/C22H46O8.C12H26O7/c1-16(23)9-25-18(3)11-27-20(5)13-29-22(7)15-30-21(6)14-28-19(4)12-26-17(2)10-24-8;13-1-3-15-5-7-17-9-11-19-12-10-18-8-6-16-4-2-14/h16-23H,9-15H2,1-8H3;13-14H,1-12H2. The van der Waals surface area contributed by atoms with E-state index in [1.165, 1.54) is 0 Å². The first-order chi connectivity index (χ1) is 23.5. The normalized spacial score (nSPS) is 16.0. The summed E-state index contributed by atoms with van der Waals surface area (Å²) in [6.45, 7) is 21.6. The minimum atomic E-state index is -0.469. The molecule has 0 fully saturated rings. The van der Waals surface area contributed by atoms with Crippen LogP contribution in [0.25, 0.3) is 0 Å². The van der Waals surface area contributed by atoms with Crippen LogP contribution in [0, 0.1) is 0 Å². The van der Waals surface area contributed by atoms with E-state index in [-0.39, 0.29) is 49.8 Å². The van der Waals surface area contributed by atoms with Crippen LogP contribution in [-0.4, -0.2) is 191 Å². The van der Waals surface area contributed by atoms with Gasteiger partial charge in [-0.2, -0.15) is 0 Å². The average Bonchev–Trinajstić information content (AvgIpc) is 3.08. The summed E-state index contributed by atoms with van der Waals surface area (Å²) in [5, 5.41) is 26.1. The van der Waals surface area contributed by atoms with Gasteiger partial charge in [0.05, 0.1) is 168 Å². The van der Waals surface area contributed by atoms with Crippen molar-refractivity contribution in [2.75, 3.05) is 133 Å². The molecule has 0 aromatic heterocycles. The van der Waals surface area contributed by atoms with Crippen LogP contribution in [0.15, 0.2) is 0 Å². The van der Waals surface area contributed by atoms with Crippen LogP contribution in [0.4, 0.5) is 0 Å². The smallest absolute Gasteiger partial charge is 0.0781 e. The maximum Gasteiger partial charge on any atom is 0.0781 e. The van der Waals surface area contributed by atoms with E-state index in [1.807, 2.05) is 41.5 Å². The first-order valence-electron chi connectivity index (χ1n) is 17.5. The molecule has 0 aromatic carbocycles. The number of aliphatic hydroxyl groups excluding tert-OH is 3. The van der Waals surface area contributed by atoms with Crippen molar-refractivity contribution >= 4 is 0 Å². The number of aliphatic hydroxyl groups is 3. The lowest BCUT2D eigenvalue weighted by atomic mass is 10.3. The molecule has 0 saturated heterocycles. The maximum atomic E-state index is 9.22. The van der Waals surface area contributed by atoms with E-state index in [2.05, 4.69) is 0 Å². The molecule has 7 atom stereocenters. The second kappa shape index (κ2) is 38.6. The Bertz CT molecular complexity index is 618. The molecule has 0 rings (SSSR count). The second-order valence-corrected chi connectivity index (χ2v) is 11.7. The zero-order valence-corrected chi connectivity index (χ0v) is 31.7. The van der Waals surface area contributed by atoms with Crippen molar-refractivity contribution in [2.45, 2.75) is 91.2 Å². The van der Waals surface area contributed by atoms with E-state index in [0.717, 1.165) is 0 Å². The maximum absolute atomic E-state index is 9.22. The summed E-state index contributed by atoms with van der Waals surface area (Å²) >= 11 is 0. The van der Waals surface area contributed by atoms with E-state index in [9.17, 15) is 5.11 Å². The lowest BCUT2D eigenvalue weighted by Gasteiger charge is -2.22. The predicted octanol–water partition coefficient (Wildman–Crippen LogP) is 1.50. The molecule has 0 aliphatic rings.